The molecule has 1 fully saturated rings. The van der Waals surface area contributed by atoms with Crippen LogP contribution in [0.15, 0.2) is 54.6 Å². The van der Waals surface area contributed by atoms with Gasteiger partial charge in [-0.1, -0.05) is 30.3 Å². The standard InChI is InChI=1S/C22H29NO2.ClH/c1-21(2)17-22(13-15-25-21,19-6-4-3-5-7-19)12-14-23-16-18-8-10-20(24)11-9-18;/h3-11,23-24H,12-17H2,1-2H3;1H. The van der Waals surface area contributed by atoms with Gasteiger partial charge in [0.1, 0.15) is 12.3 Å². The van der Waals surface area contributed by atoms with Crippen LogP contribution in [0.2, 0.25) is 0 Å². The number of ether oxygens (including phenoxy) is 1. The summed E-state index contributed by atoms with van der Waals surface area (Å²) in [6.45, 7) is 7.30. The molecule has 1 atom stereocenters. The summed E-state index contributed by atoms with van der Waals surface area (Å²) in [6, 6.07) is 18.5. The number of hydrogen-bond acceptors (Lipinski definition) is 2. The summed E-state index contributed by atoms with van der Waals surface area (Å²) in [5.41, 5.74) is 2.84. The Morgan fingerprint density at radius 3 is 2.38 bits per heavy atom. The molecule has 2 aromatic rings. The van der Waals surface area contributed by atoms with Crippen molar-refractivity contribution in [1.82, 2.24) is 0 Å². The quantitative estimate of drug-likeness (QED) is 0.717. The van der Waals surface area contributed by atoms with Gasteiger partial charge in [-0.15, -0.1) is 0 Å². The van der Waals surface area contributed by atoms with Crippen LogP contribution in [0.4, 0.5) is 0 Å². The smallest absolute Gasteiger partial charge is 0.115 e. The second-order valence-corrected chi connectivity index (χ2v) is 7.88. The van der Waals surface area contributed by atoms with Crippen LogP contribution in [0.3, 0.4) is 0 Å². The molecule has 2 aromatic carbocycles. The van der Waals surface area contributed by atoms with E-state index >= 15 is 0 Å². The van der Waals surface area contributed by atoms with Crippen LogP contribution in [0.5, 0.6) is 5.75 Å². The highest BCUT2D eigenvalue weighted by Crippen LogP contribution is 2.43. The minimum Gasteiger partial charge on any atom is -1.00 e. The van der Waals surface area contributed by atoms with Gasteiger partial charge in [0.05, 0.1) is 12.1 Å². The first-order chi connectivity index (χ1) is 12.0. The van der Waals surface area contributed by atoms with Gasteiger partial charge in [-0.05, 0) is 56.5 Å². The topological polar surface area (TPSA) is 46.1 Å². The second kappa shape index (κ2) is 8.90. The lowest BCUT2D eigenvalue weighted by Gasteiger charge is -2.45. The van der Waals surface area contributed by atoms with Gasteiger partial charge in [0.15, 0.2) is 0 Å². The second-order valence-electron chi connectivity index (χ2n) is 7.88. The van der Waals surface area contributed by atoms with Gasteiger partial charge in [-0.25, -0.2) is 0 Å². The highest BCUT2D eigenvalue weighted by molar-refractivity contribution is 5.27. The number of hydrogen-bond donors (Lipinski definition) is 2. The summed E-state index contributed by atoms with van der Waals surface area (Å²) in [6.07, 6.45) is 3.31. The first kappa shape index (κ1) is 20.8. The molecule has 3 N–H and O–H groups in total. The predicted octanol–water partition coefficient (Wildman–Crippen LogP) is 0.377. The fourth-order valence-corrected chi connectivity index (χ4v) is 4.15. The van der Waals surface area contributed by atoms with Crippen LogP contribution < -0.4 is 17.7 Å². The normalized spacial score (nSPS) is 21.8. The fraction of sp³-hybridized carbons (Fsp3) is 0.455. The molecule has 0 saturated carbocycles. The molecular formula is C22H30ClNO2. The van der Waals surface area contributed by atoms with E-state index in [0.29, 0.717) is 5.75 Å². The molecule has 3 nitrogen and oxygen atoms in total. The van der Waals surface area contributed by atoms with E-state index in [-0.39, 0.29) is 23.4 Å². The lowest BCUT2D eigenvalue weighted by atomic mass is 9.67. The Labute approximate surface area is 163 Å². The number of nitrogens with two attached hydrogens (primary N) is 1. The largest absolute Gasteiger partial charge is 1.00 e. The summed E-state index contributed by atoms with van der Waals surface area (Å²) >= 11 is 0. The SMILES string of the molecule is CC1(C)CC(CC[NH2+]Cc2ccc(O)cc2)(c2ccccc2)CCO1.[Cl-]. The molecule has 3 rings (SSSR count). The number of rotatable bonds is 6. The van der Waals surface area contributed by atoms with Crippen LogP contribution in [-0.2, 0) is 16.7 Å². The number of halogens is 1. The van der Waals surface area contributed by atoms with Crippen molar-refractivity contribution >= 4 is 0 Å². The number of quaternary nitrogens is 1. The summed E-state index contributed by atoms with van der Waals surface area (Å²) in [7, 11) is 0. The van der Waals surface area contributed by atoms with E-state index in [9.17, 15) is 5.11 Å². The Morgan fingerprint density at radius 2 is 1.73 bits per heavy atom. The van der Waals surface area contributed by atoms with E-state index in [4.69, 9.17) is 4.74 Å². The van der Waals surface area contributed by atoms with Crippen LogP contribution in [-0.4, -0.2) is 23.9 Å². The van der Waals surface area contributed by atoms with Gasteiger partial charge in [0.2, 0.25) is 0 Å². The molecule has 4 heteroatoms. The first-order valence-corrected chi connectivity index (χ1v) is 9.28. The number of phenols is 1. The number of phenolic OH excluding ortho intramolecular Hbond substituents is 1. The molecule has 0 aliphatic carbocycles. The molecule has 0 bridgehead atoms. The van der Waals surface area contributed by atoms with Crippen LogP contribution in [0, 0.1) is 0 Å². The van der Waals surface area contributed by atoms with E-state index in [1.165, 1.54) is 11.1 Å². The molecule has 26 heavy (non-hydrogen) atoms. The van der Waals surface area contributed by atoms with Gasteiger partial charge in [-0.3, -0.25) is 0 Å². The third-order valence-corrected chi connectivity index (χ3v) is 5.37. The number of aromatic hydroxyl groups is 1. The minimum atomic E-state index is -0.0644. The molecule has 1 saturated heterocycles. The fourth-order valence-electron chi connectivity index (χ4n) is 4.15. The molecule has 0 amide bonds. The maximum atomic E-state index is 9.39. The number of benzene rings is 2. The Hall–Kier alpha value is -1.55. The summed E-state index contributed by atoms with van der Waals surface area (Å²) < 4.78 is 6.00. The van der Waals surface area contributed by atoms with Gasteiger partial charge in [0.25, 0.3) is 0 Å². The molecular weight excluding hydrogens is 346 g/mol. The Morgan fingerprint density at radius 1 is 1.04 bits per heavy atom. The van der Waals surface area contributed by atoms with E-state index in [0.717, 1.165) is 39.0 Å². The minimum absolute atomic E-state index is 0. The van der Waals surface area contributed by atoms with Gasteiger partial charge in [0, 0.05) is 24.0 Å². The van der Waals surface area contributed by atoms with Crippen molar-refractivity contribution in [2.24, 2.45) is 0 Å². The third-order valence-electron chi connectivity index (χ3n) is 5.37. The maximum absolute atomic E-state index is 9.39. The zero-order valence-electron chi connectivity index (χ0n) is 15.7. The molecule has 1 unspecified atom stereocenters. The summed E-state index contributed by atoms with van der Waals surface area (Å²) in [4.78, 5) is 0. The molecule has 0 spiro atoms. The molecule has 0 radical (unpaired) electrons. The molecule has 142 valence electrons. The van der Waals surface area contributed by atoms with Crippen LogP contribution >= 0.6 is 0 Å². The highest BCUT2D eigenvalue weighted by atomic mass is 35.5. The Balaban J connectivity index is 0.00000243. The average Bonchev–Trinajstić information content (AvgIpc) is 2.60. The van der Waals surface area contributed by atoms with Crippen molar-refractivity contribution in [3.05, 3.63) is 65.7 Å². The lowest BCUT2D eigenvalue weighted by molar-refractivity contribution is -0.672. The zero-order chi connectivity index (χ0) is 17.8. The molecule has 1 aliphatic heterocycles. The highest BCUT2D eigenvalue weighted by Gasteiger charge is 2.42. The van der Waals surface area contributed by atoms with Crippen molar-refractivity contribution < 1.29 is 27.6 Å². The zero-order valence-corrected chi connectivity index (χ0v) is 16.5. The van der Waals surface area contributed by atoms with Crippen molar-refractivity contribution in [2.75, 3.05) is 13.2 Å². The lowest BCUT2D eigenvalue weighted by Crippen LogP contribution is -3.00. The van der Waals surface area contributed by atoms with E-state index in [2.05, 4.69) is 49.5 Å². The van der Waals surface area contributed by atoms with Crippen LogP contribution in [0.25, 0.3) is 0 Å². The van der Waals surface area contributed by atoms with Gasteiger partial charge < -0.3 is 27.6 Å². The van der Waals surface area contributed by atoms with Crippen molar-refractivity contribution in [3.8, 4) is 5.75 Å². The summed E-state index contributed by atoms with van der Waals surface area (Å²) in [5.74, 6) is 0.330. The van der Waals surface area contributed by atoms with Gasteiger partial charge in [-0.2, -0.15) is 0 Å². The van der Waals surface area contributed by atoms with Gasteiger partial charge >= 0.3 is 0 Å². The van der Waals surface area contributed by atoms with Crippen molar-refractivity contribution in [3.63, 3.8) is 0 Å². The van der Waals surface area contributed by atoms with Crippen molar-refractivity contribution in [1.29, 1.82) is 0 Å². The van der Waals surface area contributed by atoms with Crippen molar-refractivity contribution in [2.45, 2.75) is 50.7 Å². The van der Waals surface area contributed by atoms with E-state index in [1.54, 1.807) is 12.1 Å². The monoisotopic (exact) mass is 375 g/mol. The summed E-state index contributed by atoms with van der Waals surface area (Å²) in [5, 5.41) is 11.8. The van der Waals surface area contributed by atoms with Crippen LogP contribution in [0.1, 0.15) is 44.2 Å². The average molecular weight is 376 g/mol. The van der Waals surface area contributed by atoms with E-state index in [1.807, 2.05) is 12.1 Å². The van der Waals surface area contributed by atoms with E-state index < -0.39 is 0 Å². The Kier molecular flexibility index (Phi) is 7.10. The Bertz CT molecular complexity index is 672. The first-order valence-electron chi connectivity index (χ1n) is 9.28. The predicted molar refractivity (Wildman–Crippen MR) is 101 cm³/mol. The third kappa shape index (κ3) is 5.23. The molecule has 1 heterocycles. The maximum Gasteiger partial charge on any atom is 0.115 e. The molecule has 1 aliphatic rings. The molecule has 0 aromatic heterocycles.